The number of alkyl halides is 3. The number of ether oxygens (including phenoxy) is 1. The molecule has 3 saturated carbocycles. The maximum Gasteiger partial charge on any atom is 0.339 e. The highest BCUT2D eigenvalue weighted by Crippen LogP contribution is 2.71. The van der Waals surface area contributed by atoms with Gasteiger partial charge >= 0.3 is 5.97 Å². The second kappa shape index (κ2) is 19.1. The van der Waals surface area contributed by atoms with Crippen LogP contribution in [0.1, 0.15) is 74.7 Å². The van der Waals surface area contributed by atoms with Gasteiger partial charge in [-0.25, -0.2) is 40.7 Å². The lowest BCUT2D eigenvalue weighted by Crippen LogP contribution is -2.70. The Morgan fingerprint density at radius 3 is 2.45 bits per heavy atom. The predicted molar refractivity (Wildman–Crippen MR) is 231 cm³/mol. The predicted octanol–water partition coefficient (Wildman–Crippen LogP) is 2.43. The van der Waals surface area contributed by atoms with Gasteiger partial charge in [0.1, 0.15) is 24.0 Å². The average Bonchev–Trinajstić information content (AvgIpc) is 3.55. The van der Waals surface area contributed by atoms with E-state index in [1.807, 2.05) is 0 Å². The van der Waals surface area contributed by atoms with Crippen molar-refractivity contribution in [2.75, 3.05) is 24.1 Å². The number of sulfone groups is 1. The van der Waals surface area contributed by atoms with Gasteiger partial charge in [-0.1, -0.05) is 18.9 Å². The number of nitrogens with zero attached hydrogens (tertiary/aromatic N) is 2. The fourth-order valence-corrected chi connectivity index (χ4v) is 11.4. The maximum atomic E-state index is 17.7. The SMILES string of the molecule is C[C@H](NC(=O)CNC(=O)[C@@H](c1cnc(S(C)(=O)=O)nc1)C(O)CC#CN)C(=O)Nc1cc(C(=O)O[C@]2(C(=O)SCF)CC[C@H]3[C@@H]4C[C@H](F)C5=CC(=O)C=C[C@]5(C)[C@@]4(F)[C@@H](O)C[C@@]32C)ccc1F. The molecule has 3 amide bonds. The lowest BCUT2D eigenvalue weighted by Gasteiger charge is -2.63. The first-order valence-electron chi connectivity index (χ1n) is 20.9. The second-order valence-electron chi connectivity index (χ2n) is 17.5. The molecule has 2 aromatic rings. The molecule has 6 rings (SSSR count). The van der Waals surface area contributed by atoms with Crippen LogP contribution in [0.3, 0.4) is 0 Å². The minimum absolute atomic E-state index is 0.00347. The number of hydrogen-bond donors (Lipinski definition) is 6. The lowest BCUT2D eigenvalue weighted by molar-refractivity contribution is -0.219. The minimum atomic E-state index is -3.81. The largest absolute Gasteiger partial charge is 0.446 e. The molecule has 0 saturated heterocycles. The van der Waals surface area contributed by atoms with Crippen LogP contribution in [-0.4, -0.2) is 118 Å². The van der Waals surface area contributed by atoms with Gasteiger partial charge in [-0.3, -0.25) is 24.0 Å². The Hall–Kier alpha value is -5.70. The van der Waals surface area contributed by atoms with Crippen molar-refractivity contribution in [2.24, 2.45) is 28.4 Å². The number of nitrogens with one attached hydrogen (secondary N) is 3. The summed E-state index contributed by atoms with van der Waals surface area (Å²) in [5.41, 5.74) is -3.98. The quantitative estimate of drug-likeness (QED) is 0.0522. The monoisotopic (exact) mass is 976 g/mol. The molecule has 3 fully saturated rings. The summed E-state index contributed by atoms with van der Waals surface area (Å²) in [4.78, 5) is 86.9. The van der Waals surface area contributed by atoms with Crippen LogP contribution in [0.25, 0.3) is 0 Å². The summed E-state index contributed by atoms with van der Waals surface area (Å²) >= 11 is 0.191. The van der Waals surface area contributed by atoms with Crippen molar-refractivity contribution in [2.45, 2.75) is 99.6 Å². The van der Waals surface area contributed by atoms with E-state index in [0.29, 0.717) is 0 Å². The third-order valence-electron chi connectivity index (χ3n) is 13.6. The van der Waals surface area contributed by atoms with Crippen molar-refractivity contribution in [1.82, 2.24) is 20.6 Å². The fourth-order valence-electron chi connectivity index (χ4n) is 10.3. The first-order valence-corrected chi connectivity index (χ1v) is 23.7. The number of carbonyl (C=O) groups is 6. The number of amides is 3. The molecule has 0 bridgehead atoms. The van der Waals surface area contributed by atoms with Crippen LogP contribution in [-0.2, 0) is 38.5 Å². The Labute approximate surface area is 386 Å². The molecule has 1 aromatic carbocycles. The Bertz CT molecular complexity index is 2610. The van der Waals surface area contributed by atoms with E-state index in [2.05, 4.69) is 37.9 Å². The van der Waals surface area contributed by atoms with Gasteiger partial charge in [-0.2, -0.15) is 0 Å². The molecule has 360 valence electrons. The third-order valence-corrected chi connectivity index (χ3v) is 15.2. The molecule has 23 heteroatoms. The maximum absolute atomic E-state index is 17.7. The van der Waals surface area contributed by atoms with Gasteiger partial charge in [0.2, 0.25) is 37.8 Å². The van der Waals surface area contributed by atoms with Crippen LogP contribution < -0.4 is 21.7 Å². The smallest absolute Gasteiger partial charge is 0.339 e. The zero-order valence-electron chi connectivity index (χ0n) is 36.5. The Morgan fingerprint density at radius 1 is 1.12 bits per heavy atom. The number of aliphatic hydroxyl groups excluding tert-OH is 2. The molecule has 1 aromatic heterocycles. The van der Waals surface area contributed by atoms with Crippen molar-refractivity contribution in [3.8, 4) is 12.0 Å². The van der Waals surface area contributed by atoms with Crippen molar-refractivity contribution in [3.63, 3.8) is 0 Å². The highest BCUT2D eigenvalue weighted by Gasteiger charge is 2.76. The van der Waals surface area contributed by atoms with Crippen molar-refractivity contribution in [1.29, 1.82) is 0 Å². The van der Waals surface area contributed by atoms with Crippen LogP contribution in [0, 0.1) is 40.4 Å². The molecule has 11 atom stereocenters. The first-order chi connectivity index (χ1) is 31.4. The molecule has 67 heavy (non-hydrogen) atoms. The van der Waals surface area contributed by atoms with E-state index in [9.17, 15) is 51.8 Å². The number of hydrogen-bond acceptors (Lipinski definition) is 15. The number of nitrogens with two attached hydrogens (primary N) is 1. The third kappa shape index (κ3) is 9.19. The number of aliphatic hydroxyl groups is 2. The molecule has 4 aliphatic rings. The van der Waals surface area contributed by atoms with Crippen LogP contribution in [0.4, 0.5) is 23.2 Å². The molecule has 4 aliphatic carbocycles. The van der Waals surface area contributed by atoms with E-state index < -0.39 is 156 Å². The Kier molecular flexibility index (Phi) is 14.5. The summed E-state index contributed by atoms with van der Waals surface area (Å²) in [6.07, 6.45) is -0.455. The molecule has 1 unspecified atom stereocenters. The van der Waals surface area contributed by atoms with E-state index in [0.717, 1.165) is 49.0 Å². The molecular formula is C44H48F4N6O11S2. The summed E-state index contributed by atoms with van der Waals surface area (Å²) in [5.74, 6) is -6.89. The number of ketones is 1. The van der Waals surface area contributed by atoms with E-state index in [-0.39, 0.29) is 42.2 Å². The lowest BCUT2D eigenvalue weighted by atomic mass is 9.44. The van der Waals surface area contributed by atoms with Crippen molar-refractivity contribution in [3.05, 3.63) is 71.3 Å². The number of anilines is 1. The summed E-state index contributed by atoms with van der Waals surface area (Å²) < 4.78 is 92.4. The molecule has 1 heterocycles. The summed E-state index contributed by atoms with van der Waals surface area (Å²) in [7, 11) is -3.81. The van der Waals surface area contributed by atoms with Crippen LogP contribution in [0.5, 0.6) is 0 Å². The zero-order chi connectivity index (χ0) is 49.4. The highest BCUT2D eigenvalue weighted by molar-refractivity contribution is 8.13. The fraction of sp³-hybridized carbons (Fsp3) is 0.500. The van der Waals surface area contributed by atoms with E-state index in [1.54, 1.807) is 0 Å². The van der Waals surface area contributed by atoms with Crippen LogP contribution in [0.2, 0.25) is 0 Å². The number of allylic oxidation sites excluding steroid dienone is 4. The summed E-state index contributed by atoms with van der Waals surface area (Å²) in [5, 5.41) is 27.8. The summed E-state index contributed by atoms with van der Waals surface area (Å²) in [6.45, 7) is 3.35. The number of halogens is 4. The van der Waals surface area contributed by atoms with Crippen LogP contribution >= 0.6 is 11.8 Å². The van der Waals surface area contributed by atoms with Gasteiger partial charge in [-0.05, 0) is 93.1 Å². The first kappa shape index (κ1) is 50.7. The number of thioether (sulfide) groups is 1. The van der Waals surface area contributed by atoms with E-state index >= 15 is 13.2 Å². The second-order valence-corrected chi connectivity index (χ2v) is 20.3. The number of fused-ring (bicyclic) bond motifs is 5. The molecule has 0 spiro atoms. The van der Waals surface area contributed by atoms with Gasteiger partial charge in [0.25, 0.3) is 0 Å². The molecule has 0 radical (unpaired) electrons. The molecular weight excluding hydrogens is 929 g/mol. The van der Waals surface area contributed by atoms with E-state index in [4.69, 9.17) is 10.5 Å². The topological polar surface area (TPSA) is 274 Å². The Balaban J connectivity index is 1.15. The normalized spacial score (nSPS) is 29.8. The average molecular weight is 977 g/mol. The standard InChI is InChI=1S/C44H48F4N6O11S2/c1-22(53-34(58)20-50-37(60)35(32(56)6-5-13-49)24-18-51-40(52-19-24)67(4,63)64)36(59)54-31-14-23(7-8-29(31)46)38(61)65-43(39(62)66-21-45)12-10-26-27-16-30(47)28-15-25(55)9-11-41(28,2)44(27,48)33(57)17-42(26,43)3/h7-9,11,14-15,18-19,22,26-27,30,32-33,35,56-57H,6,10,12,16-17,20-21,49H2,1-4H3,(H,50,60)(H,53,58)(H,54,59)/t22-,26-,27-,30-,32?,33-,35-,41-,42-,43-,44-/m0/s1. The van der Waals surface area contributed by atoms with Gasteiger partial charge in [0.05, 0.1) is 35.9 Å². The minimum Gasteiger partial charge on any atom is -0.446 e. The van der Waals surface area contributed by atoms with Crippen LogP contribution in [0.15, 0.2) is 59.6 Å². The molecule has 7 N–H and O–H groups in total. The molecule has 17 nitrogen and oxygen atoms in total. The van der Waals surface area contributed by atoms with E-state index in [1.165, 1.54) is 26.8 Å². The highest BCUT2D eigenvalue weighted by atomic mass is 32.2. The number of benzene rings is 1. The number of esters is 1. The van der Waals surface area contributed by atoms with Gasteiger partial charge in [-0.15, -0.1) is 0 Å². The van der Waals surface area contributed by atoms with Gasteiger partial charge in [0.15, 0.2) is 17.1 Å². The Morgan fingerprint density at radius 2 is 1.81 bits per heavy atom. The number of aromatic nitrogens is 2. The van der Waals surface area contributed by atoms with Crippen molar-refractivity contribution >= 4 is 61.9 Å². The van der Waals surface area contributed by atoms with Crippen molar-refractivity contribution < 1.29 is 69.7 Å². The number of carbonyl (C=O) groups excluding carboxylic acids is 6. The van der Waals surface area contributed by atoms with Gasteiger partial charge < -0.3 is 36.6 Å². The number of rotatable bonds is 14. The molecule has 0 aliphatic heterocycles. The van der Waals surface area contributed by atoms with Gasteiger partial charge in [0, 0.05) is 53.4 Å². The zero-order valence-corrected chi connectivity index (χ0v) is 38.1. The summed E-state index contributed by atoms with van der Waals surface area (Å²) in [6, 6.07) is 2.10.